The van der Waals surface area contributed by atoms with Crippen molar-refractivity contribution in [3.63, 3.8) is 0 Å². The summed E-state index contributed by atoms with van der Waals surface area (Å²) in [5.41, 5.74) is 0. The van der Waals surface area contributed by atoms with Crippen LogP contribution in [0.2, 0.25) is 0 Å². The summed E-state index contributed by atoms with van der Waals surface area (Å²) in [4.78, 5) is 34.1. The first-order valence-corrected chi connectivity index (χ1v) is 9.92. The first-order chi connectivity index (χ1) is 10.1. The van der Waals surface area contributed by atoms with Crippen LogP contribution in [-0.2, 0) is 14.3 Å². The zero-order valence-corrected chi connectivity index (χ0v) is 15.8. The molecule has 0 aromatic carbocycles. The molecule has 0 rings (SSSR count). The molecule has 0 saturated heterocycles. The molecule has 0 fully saturated rings. The Morgan fingerprint density at radius 2 is 1.82 bits per heavy atom. The zero-order valence-electron chi connectivity index (χ0n) is 13.4. The Bertz CT molecular complexity index is 398. The predicted octanol–water partition coefficient (Wildman–Crippen LogP) is 2.87. The van der Waals surface area contributed by atoms with Gasteiger partial charge in [0.25, 0.3) is 5.24 Å². The molecular formula is C13H23NO5S3. The smallest absolute Gasteiger partial charge is 0.327 e. The van der Waals surface area contributed by atoms with E-state index in [2.05, 4.69) is 10.1 Å². The maximum absolute atomic E-state index is 11.8. The molecule has 0 radical (unpaired) electrons. The van der Waals surface area contributed by atoms with Crippen LogP contribution in [0.5, 0.6) is 0 Å². The number of esters is 1. The van der Waals surface area contributed by atoms with Crippen molar-refractivity contribution >= 4 is 50.5 Å². The fourth-order valence-electron chi connectivity index (χ4n) is 1.11. The molecule has 22 heavy (non-hydrogen) atoms. The van der Waals surface area contributed by atoms with Crippen molar-refractivity contribution in [3.8, 4) is 0 Å². The number of carbonyl (C=O) groups is 3. The summed E-state index contributed by atoms with van der Waals surface area (Å²) in [7, 11) is 4.26. The van der Waals surface area contributed by atoms with Crippen molar-refractivity contribution in [3.05, 3.63) is 0 Å². The first-order valence-electron chi connectivity index (χ1n) is 6.61. The highest BCUT2D eigenvalue weighted by Gasteiger charge is 2.23. The Morgan fingerprint density at radius 1 is 1.23 bits per heavy atom. The number of hydrogen-bond donors (Lipinski definition) is 2. The van der Waals surface area contributed by atoms with Crippen molar-refractivity contribution in [1.82, 2.24) is 5.32 Å². The summed E-state index contributed by atoms with van der Waals surface area (Å²) in [5, 5.41) is 11.1. The number of carboxylic acids is 1. The average molecular weight is 370 g/mol. The summed E-state index contributed by atoms with van der Waals surface area (Å²) in [6.45, 7) is 7.74. The predicted molar refractivity (Wildman–Crippen MR) is 93.4 cm³/mol. The van der Waals surface area contributed by atoms with Crippen molar-refractivity contribution in [2.45, 2.75) is 38.5 Å². The third-order valence-electron chi connectivity index (χ3n) is 2.20. The van der Waals surface area contributed by atoms with Gasteiger partial charge in [-0.1, -0.05) is 61.0 Å². The average Bonchev–Trinajstić information content (AvgIpc) is 2.41. The monoisotopic (exact) mass is 369 g/mol. The van der Waals surface area contributed by atoms with E-state index in [-0.39, 0.29) is 16.3 Å². The Hall–Kier alpha value is -0.540. The second-order valence-electron chi connectivity index (χ2n) is 5.54. The molecule has 0 aliphatic heterocycles. The quantitative estimate of drug-likeness (QED) is 0.498. The van der Waals surface area contributed by atoms with E-state index in [0.717, 1.165) is 11.8 Å². The van der Waals surface area contributed by atoms with Gasteiger partial charge in [-0.2, -0.15) is 0 Å². The Morgan fingerprint density at radius 3 is 2.27 bits per heavy atom. The van der Waals surface area contributed by atoms with Crippen LogP contribution in [0, 0.1) is 5.92 Å². The number of ether oxygens (including phenoxy) is 1. The summed E-state index contributed by atoms with van der Waals surface area (Å²) < 4.78 is 4.58. The van der Waals surface area contributed by atoms with Crippen molar-refractivity contribution in [1.29, 1.82) is 0 Å². The van der Waals surface area contributed by atoms with Crippen molar-refractivity contribution in [2.24, 2.45) is 5.92 Å². The van der Waals surface area contributed by atoms with E-state index in [1.54, 1.807) is 17.7 Å². The number of thioether (sulfide) groups is 1. The molecule has 0 aliphatic carbocycles. The number of hydrogen-bond acceptors (Lipinski definition) is 7. The minimum Gasteiger partial charge on any atom is -0.480 e. The number of carbonyl (C=O) groups excluding carboxylic acids is 2. The maximum atomic E-state index is 11.8. The molecule has 0 bridgehead atoms. The van der Waals surface area contributed by atoms with E-state index in [1.165, 1.54) is 17.9 Å². The molecule has 2 atom stereocenters. The number of methoxy groups -OCH3 is 1. The van der Waals surface area contributed by atoms with Crippen LogP contribution in [0.4, 0.5) is 4.79 Å². The molecule has 0 aromatic rings. The van der Waals surface area contributed by atoms with E-state index >= 15 is 0 Å². The standard InChI is InChI=1S/C13H23NO5S3/c1-8(11(17)19-5)6-20-12(18)14-9(10(15)16)7-21-22-13(2,3)4/h8-9H,6-7H2,1-5H3,(H,14,18)(H,15,16)/t8-,9-/m0/s1. The van der Waals surface area contributed by atoms with Gasteiger partial charge in [-0.05, 0) is 0 Å². The van der Waals surface area contributed by atoms with Crippen molar-refractivity contribution < 1.29 is 24.2 Å². The van der Waals surface area contributed by atoms with Gasteiger partial charge in [0, 0.05) is 16.3 Å². The fourth-order valence-corrected chi connectivity index (χ4v) is 4.33. The molecule has 9 heteroatoms. The molecule has 0 aromatic heterocycles. The summed E-state index contributed by atoms with van der Waals surface area (Å²) >= 11 is 0.883. The SMILES string of the molecule is COC(=O)[C@@H](C)CSC(=O)N[C@@H](CSSC(C)(C)C)C(=O)O. The Balaban J connectivity index is 4.24. The molecule has 128 valence electrons. The van der Waals surface area contributed by atoms with Gasteiger partial charge < -0.3 is 15.2 Å². The number of rotatable bonds is 8. The number of nitrogens with one attached hydrogen (secondary N) is 1. The molecular weight excluding hydrogens is 346 g/mol. The van der Waals surface area contributed by atoms with Gasteiger partial charge in [-0.3, -0.25) is 9.59 Å². The molecule has 0 unspecified atom stereocenters. The summed E-state index contributed by atoms with van der Waals surface area (Å²) in [6, 6.07) is -0.951. The lowest BCUT2D eigenvalue weighted by atomic mass is 10.2. The van der Waals surface area contributed by atoms with Gasteiger partial charge in [0.1, 0.15) is 6.04 Å². The van der Waals surface area contributed by atoms with E-state index in [4.69, 9.17) is 5.11 Å². The van der Waals surface area contributed by atoms with E-state index in [9.17, 15) is 14.4 Å². The van der Waals surface area contributed by atoms with Crippen LogP contribution in [0.1, 0.15) is 27.7 Å². The number of amides is 1. The molecule has 0 aliphatic rings. The van der Waals surface area contributed by atoms with E-state index in [0.29, 0.717) is 0 Å². The highest BCUT2D eigenvalue weighted by Crippen LogP contribution is 2.35. The zero-order chi connectivity index (χ0) is 17.3. The van der Waals surface area contributed by atoms with Gasteiger partial charge in [0.2, 0.25) is 0 Å². The van der Waals surface area contributed by atoms with Crippen molar-refractivity contribution in [2.75, 3.05) is 18.6 Å². The summed E-state index contributed by atoms with van der Waals surface area (Å²) in [5.74, 6) is -1.37. The van der Waals surface area contributed by atoms with Gasteiger partial charge in [0.05, 0.1) is 13.0 Å². The molecule has 2 N–H and O–H groups in total. The minimum absolute atomic E-state index is 0.0163. The largest absolute Gasteiger partial charge is 0.480 e. The lowest BCUT2D eigenvalue weighted by molar-refractivity contribution is -0.144. The van der Waals surface area contributed by atoms with Crippen LogP contribution in [-0.4, -0.2) is 51.7 Å². The molecule has 6 nitrogen and oxygen atoms in total. The highest BCUT2D eigenvalue weighted by atomic mass is 33.1. The van der Waals surface area contributed by atoms with Crippen LogP contribution in [0.25, 0.3) is 0 Å². The minimum atomic E-state index is -1.07. The molecule has 0 spiro atoms. The van der Waals surface area contributed by atoms with Crippen LogP contribution in [0.3, 0.4) is 0 Å². The van der Waals surface area contributed by atoms with Crippen LogP contribution >= 0.6 is 33.3 Å². The molecule has 1 amide bonds. The Labute approximate surface area is 143 Å². The Kier molecular flexibility index (Phi) is 10.0. The lowest BCUT2D eigenvalue weighted by Crippen LogP contribution is -2.41. The topological polar surface area (TPSA) is 92.7 Å². The number of aliphatic carboxylic acids is 1. The van der Waals surface area contributed by atoms with Gasteiger partial charge in [0.15, 0.2) is 0 Å². The molecule has 0 saturated carbocycles. The van der Waals surface area contributed by atoms with Crippen LogP contribution < -0.4 is 5.32 Å². The van der Waals surface area contributed by atoms with E-state index in [1.807, 2.05) is 20.8 Å². The van der Waals surface area contributed by atoms with Gasteiger partial charge >= 0.3 is 11.9 Å². The lowest BCUT2D eigenvalue weighted by Gasteiger charge is -2.19. The highest BCUT2D eigenvalue weighted by molar-refractivity contribution is 8.77. The summed E-state index contributed by atoms with van der Waals surface area (Å²) in [6.07, 6.45) is 0. The third kappa shape index (κ3) is 10.2. The molecule has 0 heterocycles. The first kappa shape index (κ1) is 21.5. The second kappa shape index (κ2) is 10.3. The second-order valence-corrected chi connectivity index (χ2v) is 9.70. The fraction of sp³-hybridized carbons (Fsp3) is 0.769. The third-order valence-corrected chi connectivity index (χ3v) is 6.60. The number of carboxylic acid groups (broad SMARTS) is 1. The maximum Gasteiger partial charge on any atom is 0.327 e. The van der Waals surface area contributed by atoms with Crippen LogP contribution in [0.15, 0.2) is 0 Å². The van der Waals surface area contributed by atoms with E-state index < -0.39 is 29.1 Å². The van der Waals surface area contributed by atoms with Gasteiger partial charge in [-0.15, -0.1) is 0 Å². The van der Waals surface area contributed by atoms with Gasteiger partial charge in [-0.25, -0.2) is 4.79 Å². The normalized spacial score (nSPS) is 14.0.